The number of aromatic hydroxyl groups is 1. The third kappa shape index (κ3) is 5.11. The van der Waals surface area contributed by atoms with Crippen LogP contribution >= 0.6 is 0 Å². The summed E-state index contributed by atoms with van der Waals surface area (Å²) in [6.07, 6.45) is -0.0774. The third-order valence-corrected chi connectivity index (χ3v) is 9.21. The Balaban J connectivity index is 1.49. The molecule has 2 aromatic carbocycles. The van der Waals surface area contributed by atoms with Gasteiger partial charge in [-0.3, -0.25) is 38.5 Å². The number of carbonyl (C=O) groups excluding carboxylic acids is 7. The fourth-order valence-corrected chi connectivity index (χ4v) is 7.15. The number of nitrogens with one attached hydrogen (secondary N) is 1. The van der Waals surface area contributed by atoms with E-state index in [1.165, 1.54) is 32.2 Å². The number of phenols is 1. The van der Waals surface area contributed by atoms with Gasteiger partial charge >= 0.3 is 5.97 Å². The first kappa shape index (κ1) is 31.7. The van der Waals surface area contributed by atoms with Gasteiger partial charge in [-0.15, -0.1) is 0 Å². The number of rotatable bonds is 7. The molecule has 5 rings (SSSR count). The molecule has 45 heavy (non-hydrogen) atoms. The maximum Gasteiger partial charge on any atom is 0.306 e. The molecule has 3 aliphatic rings. The zero-order chi connectivity index (χ0) is 33.0. The standard InChI is InChI=1S/C32H33N3O10/c1-35(2)26-19-13-15-12-18-17(14-4-6-16(7-5-14)34-21(37)10-11-22(38)45-3)8-9-20(36)24(18)27(39)23(15)29(41)32(19,44)30(42)25(28(26)40)31(33)43/h4-9,15,19,23,25-26,36,44H,10-13H2,1-3H3,(H2,33,43)(H,34,37)/t15-,19-,23?,25?,26-,32-/m1/s1. The summed E-state index contributed by atoms with van der Waals surface area (Å²) in [7, 11) is 4.28. The molecule has 13 heteroatoms. The number of nitrogens with two attached hydrogens (primary N) is 1. The van der Waals surface area contributed by atoms with Gasteiger partial charge in [-0.2, -0.15) is 0 Å². The highest BCUT2D eigenvalue weighted by molar-refractivity contribution is 6.32. The molecule has 5 N–H and O–H groups in total. The van der Waals surface area contributed by atoms with Crippen LogP contribution in [0.3, 0.4) is 0 Å². The number of Topliss-reactive ketones (excluding diaryl/α,β-unsaturated/α-hetero) is 4. The Bertz CT molecular complexity index is 1650. The molecule has 2 aromatic rings. The predicted octanol–water partition coefficient (Wildman–Crippen LogP) is 0.426. The van der Waals surface area contributed by atoms with E-state index in [1.54, 1.807) is 30.3 Å². The predicted molar refractivity (Wildman–Crippen MR) is 157 cm³/mol. The number of phenolic OH excluding ortho intramolecular Hbond substituents is 1. The van der Waals surface area contributed by atoms with Crippen LogP contribution in [0.5, 0.6) is 5.75 Å². The summed E-state index contributed by atoms with van der Waals surface area (Å²) in [5.41, 5.74) is 4.60. The zero-order valence-electron chi connectivity index (χ0n) is 24.9. The number of anilines is 1. The molecule has 2 saturated carbocycles. The minimum absolute atomic E-state index is 0.0600. The maximum absolute atomic E-state index is 14.0. The van der Waals surface area contributed by atoms with Crippen LogP contribution in [0.2, 0.25) is 0 Å². The van der Waals surface area contributed by atoms with Crippen LogP contribution < -0.4 is 11.1 Å². The van der Waals surface area contributed by atoms with Gasteiger partial charge in [0.15, 0.2) is 34.7 Å². The van der Waals surface area contributed by atoms with Gasteiger partial charge in [-0.05, 0) is 67.7 Å². The number of aliphatic hydroxyl groups is 1. The van der Waals surface area contributed by atoms with Crippen molar-refractivity contribution >= 4 is 46.6 Å². The number of hydrogen-bond acceptors (Lipinski definition) is 11. The molecule has 0 heterocycles. The summed E-state index contributed by atoms with van der Waals surface area (Å²) in [5.74, 6) is -12.0. The second-order valence-electron chi connectivity index (χ2n) is 12.0. The molecule has 2 unspecified atom stereocenters. The molecule has 2 amide bonds. The van der Waals surface area contributed by atoms with Crippen molar-refractivity contribution in [1.29, 1.82) is 0 Å². The molecule has 6 atom stereocenters. The Kier molecular flexibility index (Phi) is 8.19. The van der Waals surface area contributed by atoms with Crippen molar-refractivity contribution in [3.8, 4) is 16.9 Å². The number of carbonyl (C=O) groups is 7. The number of primary amides is 1. The van der Waals surface area contributed by atoms with Crippen molar-refractivity contribution in [2.24, 2.45) is 29.4 Å². The number of methoxy groups -OCH3 is 1. The van der Waals surface area contributed by atoms with E-state index in [1.807, 2.05) is 0 Å². The van der Waals surface area contributed by atoms with E-state index in [2.05, 4.69) is 10.1 Å². The van der Waals surface area contributed by atoms with Gasteiger partial charge < -0.3 is 26.0 Å². The molecule has 236 valence electrons. The van der Waals surface area contributed by atoms with Crippen LogP contribution in [-0.2, 0) is 39.9 Å². The molecule has 0 spiro atoms. The Morgan fingerprint density at radius 3 is 2.29 bits per heavy atom. The topological polar surface area (TPSA) is 210 Å². The van der Waals surface area contributed by atoms with Crippen molar-refractivity contribution in [1.82, 2.24) is 4.90 Å². The SMILES string of the molecule is COC(=O)CCC(=O)Nc1ccc(-c2ccc(O)c3c2C[C@@H]2C[C@@H]4[C@@H](N(C)C)C(=O)C(C(N)=O)C(=O)[C@]4(O)C(=O)C2C3=O)cc1. The first-order valence-corrected chi connectivity index (χ1v) is 14.4. The molecule has 0 radical (unpaired) electrons. The Morgan fingerprint density at radius 1 is 1.02 bits per heavy atom. The second kappa shape index (κ2) is 11.6. The molecule has 13 nitrogen and oxygen atoms in total. The highest BCUT2D eigenvalue weighted by atomic mass is 16.5. The summed E-state index contributed by atoms with van der Waals surface area (Å²) >= 11 is 0. The van der Waals surface area contributed by atoms with Crippen molar-refractivity contribution < 1.29 is 48.5 Å². The number of nitrogens with zero attached hydrogens (tertiary/aromatic N) is 1. The Labute approximate surface area is 257 Å². The first-order chi connectivity index (χ1) is 21.2. The first-order valence-electron chi connectivity index (χ1n) is 14.4. The van der Waals surface area contributed by atoms with Crippen LogP contribution in [0.25, 0.3) is 11.1 Å². The average Bonchev–Trinajstić information content (AvgIpc) is 2.98. The Morgan fingerprint density at radius 2 is 1.69 bits per heavy atom. The van der Waals surface area contributed by atoms with Crippen molar-refractivity contribution in [3.63, 3.8) is 0 Å². The number of ketones is 4. The second-order valence-corrected chi connectivity index (χ2v) is 12.0. The van der Waals surface area contributed by atoms with Crippen molar-refractivity contribution in [2.75, 3.05) is 26.5 Å². The van der Waals surface area contributed by atoms with Gasteiger partial charge in [0.1, 0.15) is 5.75 Å². The summed E-state index contributed by atoms with van der Waals surface area (Å²) in [4.78, 5) is 91.7. The molecule has 0 saturated heterocycles. The molecule has 0 bridgehead atoms. The van der Waals surface area contributed by atoms with E-state index >= 15 is 0 Å². The monoisotopic (exact) mass is 619 g/mol. The number of fused-ring (bicyclic) bond motifs is 3. The largest absolute Gasteiger partial charge is 0.507 e. The summed E-state index contributed by atoms with van der Waals surface area (Å²) < 4.78 is 4.54. The molecule has 0 aromatic heterocycles. The fraction of sp³-hybridized carbons (Fsp3) is 0.406. The normalized spacial score (nSPS) is 27.4. The number of ether oxygens (including phenoxy) is 1. The van der Waals surface area contributed by atoms with Crippen LogP contribution in [-0.4, -0.2) is 88.9 Å². The van der Waals surface area contributed by atoms with Gasteiger partial charge in [0.05, 0.1) is 31.1 Å². The van der Waals surface area contributed by atoms with E-state index < -0.39 is 70.3 Å². The summed E-state index contributed by atoms with van der Waals surface area (Å²) in [5, 5.41) is 25.2. The number of benzene rings is 2. The number of hydrogen-bond donors (Lipinski definition) is 4. The fourth-order valence-electron chi connectivity index (χ4n) is 7.15. The number of amides is 2. The summed E-state index contributed by atoms with van der Waals surface area (Å²) in [6, 6.07) is 8.43. The van der Waals surface area contributed by atoms with Gasteiger partial charge in [0.2, 0.25) is 11.8 Å². The molecular formula is C32H33N3O10. The van der Waals surface area contributed by atoms with Crippen LogP contribution in [0.1, 0.15) is 35.2 Å². The molecule has 2 fully saturated rings. The molecule has 0 aliphatic heterocycles. The van der Waals surface area contributed by atoms with E-state index in [0.29, 0.717) is 22.4 Å². The quantitative estimate of drug-likeness (QED) is 0.246. The van der Waals surface area contributed by atoms with E-state index in [9.17, 15) is 43.8 Å². The molecular weight excluding hydrogens is 586 g/mol. The van der Waals surface area contributed by atoms with Gasteiger partial charge in [0.25, 0.3) is 0 Å². The highest BCUT2D eigenvalue weighted by Crippen LogP contribution is 2.51. The average molecular weight is 620 g/mol. The smallest absolute Gasteiger partial charge is 0.306 e. The van der Waals surface area contributed by atoms with Crippen molar-refractivity contribution in [3.05, 3.63) is 47.5 Å². The lowest BCUT2D eigenvalue weighted by Gasteiger charge is -2.52. The lowest BCUT2D eigenvalue weighted by molar-refractivity contribution is -0.181. The molecule has 3 aliphatic carbocycles. The third-order valence-electron chi connectivity index (χ3n) is 9.21. The van der Waals surface area contributed by atoms with Crippen LogP contribution in [0.15, 0.2) is 36.4 Å². The minimum atomic E-state index is -2.79. The van der Waals surface area contributed by atoms with Gasteiger partial charge in [0, 0.05) is 18.0 Å². The summed E-state index contributed by atoms with van der Waals surface area (Å²) in [6.45, 7) is 0. The van der Waals surface area contributed by atoms with E-state index in [0.717, 1.165) is 0 Å². The van der Waals surface area contributed by atoms with E-state index in [-0.39, 0.29) is 42.9 Å². The van der Waals surface area contributed by atoms with Gasteiger partial charge in [-0.25, -0.2) is 0 Å². The minimum Gasteiger partial charge on any atom is -0.507 e. The highest BCUT2D eigenvalue weighted by Gasteiger charge is 2.69. The lowest BCUT2D eigenvalue weighted by atomic mass is 9.52. The number of likely N-dealkylation sites (N-methyl/N-ethyl adjacent to an activating group) is 1. The van der Waals surface area contributed by atoms with Crippen molar-refractivity contribution in [2.45, 2.75) is 37.3 Å². The van der Waals surface area contributed by atoms with Crippen LogP contribution in [0, 0.1) is 23.7 Å². The Hall–Kier alpha value is -4.75. The van der Waals surface area contributed by atoms with Gasteiger partial charge in [-0.1, -0.05) is 18.2 Å². The van der Waals surface area contributed by atoms with E-state index in [4.69, 9.17) is 5.73 Å². The number of esters is 1. The lowest BCUT2D eigenvalue weighted by Crippen LogP contribution is -2.74. The maximum atomic E-state index is 14.0. The zero-order valence-corrected chi connectivity index (χ0v) is 24.9. The van der Waals surface area contributed by atoms with Crippen LogP contribution in [0.4, 0.5) is 5.69 Å².